The van der Waals surface area contributed by atoms with Gasteiger partial charge in [-0.05, 0) is 59.2 Å². The van der Waals surface area contributed by atoms with Gasteiger partial charge in [-0.2, -0.15) is 0 Å². The molecule has 6 heteroatoms. The minimum absolute atomic E-state index is 0.0200. The standard InChI is InChI=1S/C28H29NO5/c1-33-23-5-3-4-21-16-22-20(11-12-24(34-2)28(22)27(21)23)17-25(30)29-15-14-19-8-6-18(7-9-19)10-13-26(31)32/h3-9,11-12H,10,13-17H2,1-2H3,(H,29,30)(H,31,32). The average molecular weight is 460 g/mol. The molecule has 6 nitrogen and oxygen atoms in total. The monoisotopic (exact) mass is 459 g/mol. The minimum Gasteiger partial charge on any atom is -0.496 e. The highest BCUT2D eigenvalue weighted by atomic mass is 16.5. The van der Waals surface area contributed by atoms with Crippen LogP contribution in [0.4, 0.5) is 0 Å². The van der Waals surface area contributed by atoms with Crippen molar-refractivity contribution in [1.82, 2.24) is 5.32 Å². The highest BCUT2D eigenvalue weighted by Gasteiger charge is 2.28. The van der Waals surface area contributed by atoms with E-state index in [1.807, 2.05) is 48.5 Å². The molecule has 1 amide bonds. The second-order valence-electron chi connectivity index (χ2n) is 8.44. The molecule has 0 unspecified atom stereocenters. The van der Waals surface area contributed by atoms with Crippen molar-refractivity contribution in [2.45, 2.75) is 32.1 Å². The lowest BCUT2D eigenvalue weighted by Crippen LogP contribution is -2.27. The number of amides is 1. The zero-order valence-corrected chi connectivity index (χ0v) is 19.5. The largest absolute Gasteiger partial charge is 0.496 e. The predicted octanol–water partition coefficient (Wildman–Crippen LogP) is 4.19. The number of carboxylic acid groups (broad SMARTS) is 1. The second kappa shape index (κ2) is 10.4. The highest BCUT2D eigenvalue weighted by Crippen LogP contribution is 2.48. The summed E-state index contributed by atoms with van der Waals surface area (Å²) in [7, 11) is 3.33. The van der Waals surface area contributed by atoms with Gasteiger partial charge < -0.3 is 19.9 Å². The molecular weight excluding hydrogens is 430 g/mol. The molecule has 0 bridgehead atoms. The molecule has 0 heterocycles. The van der Waals surface area contributed by atoms with Crippen LogP contribution in [-0.4, -0.2) is 37.7 Å². The molecule has 4 rings (SSSR count). The number of hydrogen-bond donors (Lipinski definition) is 2. The zero-order valence-electron chi connectivity index (χ0n) is 19.5. The quantitative estimate of drug-likeness (QED) is 0.371. The van der Waals surface area contributed by atoms with E-state index >= 15 is 0 Å². The van der Waals surface area contributed by atoms with Crippen LogP contribution in [-0.2, 0) is 35.3 Å². The first-order chi connectivity index (χ1) is 16.5. The van der Waals surface area contributed by atoms with Gasteiger partial charge in [0.1, 0.15) is 11.5 Å². The first-order valence-electron chi connectivity index (χ1n) is 11.4. The maximum absolute atomic E-state index is 12.7. The number of fused-ring (bicyclic) bond motifs is 3. The lowest BCUT2D eigenvalue weighted by Gasteiger charge is -2.14. The normalized spacial score (nSPS) is 11.5. The molecule has 1 aliphatic carbocycles. The molecule has 0 saturated heterocycles. The Morgan fingerprint density at radius 3 is 2.24 bits per heavy atom. The maximum atomic E-state index is 12.7. The molecule has 0 saturated carbocycles. The summed E-state index contributed by atoms with van der Waals surface area (Å²) in [5.41, 5.74) is 7.45. The van der Waals surface area contributed by atoms with Gasteiger partial charge in [0.25, 0.3) is 0 Å². The van der Waals surface area contributed by atoms with Crippen LogP contribution in [0.1, 0.15) is 34.2 Å². The summed E-state index contributed by atoms with van der Waals surface area (Å²) in [6.45, 7) is 0.541. The number of rotatable bonds is 10. The Bertz CT molecular complexity index is 1200. The van der Waals surface area contributed by atoms with Crippen molar-refractivity contribution in [3.63, 3.8) is 0 Å². The molecule has 176 valence electrons. The summed E-state index contributed by atoms with van der Waals surface area (Å²) < 4.78 is 11.2. The number of aliphatic carboxylic acids is 1. The first-order valence-corrected chi connectivity index (χ1v) is 11.4. The summed E-state index contributed by atoms with van der Waals surface area (Å²) in [5.74, 6) is 0.782. The van der Waals surface area contributed by atoms with Crippen molar-refractivity contribution in [1.29, 1.82) is 0 Å². The van der Waals surface area contributed by atoms with Gasteiger partial charge in [0, 0.05) is 24.1 Å². The van der Waals surface area contributed by atoms with Gasteiger partial charge >= 0.3 is 5.97 Å². The van der Waals surface area contributed by atoms with E-state index in [1.54, 1.807) is 14.2 Å². The number of aryl methyl sites for hydroxylation is 1. The van der Waals surface area contributed by atoms with Gasteiger partial charge in [0.05, 0.1) is 20.6 Å². The summed E-state index contributed by atoms with van der Waals surface area (Å²) >= 11 is 0. The number of methoxy groups -OCH3 is 2. The van der Waals surface area contributed by atoms with E-state index in [1.165, 1.54) is 5.56 Å². The van der Waals surface area contributed by atoms with Crippen molar-refractivity contribution in [3.8, 4) is 22.6 Å². The first kappa shape index (κ1) is 23.4. The van der Waals surface area contributed by atoms with E-state index in [2.05, 4.69) is 11.4 Å². The molecule has 0 aliphatic heterocycles. The van der Waals surface area contributed by atoms with Crippen molar-refractivity contribution in [2.75, 3.05) is 20.8 Å². The number of carboxylic acids is 1. The lowest BCUT2D eigenvalue weighted by atomic mass is 9.97. The maximum Gasteiger partial charge on any atom is 0.303 e. The van der Waals surface area contributed by atoms with Crippen molar-refractivity contribution in [2.24, 2.45) is 0 Å². The number of hydrogen-bond acceptors (Lipinski definition) is 4. The van der Waals surface area contributed by atoms with Crippen LogP contribution in [0.3, 0.4) is 0 Å². The number of carbonyl (C=O) groups excluding carboxylic acids is 1. The van der Waals surface area contributed by atoms with Crippen LogP contribution in [0.25, 0.3) is 11.1 Å². The predicted molar refractivity (Wildman–Crippen MR) is 131 cm³/mol. The summed E-state index contributed by atoms with van der Waals surface area (Å²) in [4.78, 5) is 23.4. The number of ether oxygens (including phenoxy) is 2. The second-order valence-corrected chi connectivity index (χ2v) is 8.44. The van der Waals surface area contributed by atoms with Crippen LogP contribution in [0.15, 0.2) is 54.6 Å². The molecule has 0 radical (unpaired) electrons. The SMILES string of the molecule is COc1cccc2c1-c1c(OC)ccc(CC(=O)NCCc3ccc(CCC(=O)O)cc3)c1C2. The molecule has 3 aromatic rings. The van der Waals surface area contributed by atoms with Crippen LogP contribution < -0.4 is 14.8 Å². The van der Waals surface area contributed by atoms with Crippen LogP contribution in [0.5, 0.6) is 11.5 Å². The van der Waals surface area contributed by atoms with Gasteiger partial charge in [-0.1, -0.05) is 42.5 Å². The molecule has 34 heavy (non-hydrogen) atoms. The molecule has 0 fully saturated rings. The number of nitrogens with one attached hydrogen (secondary N) is 1. The number of benzene rings is 3. The van der Waals surface area contributed by atoms with E-state index in [-0.39, 0.29) is 12.3 Å². The van der Waals surface area contributed by atoms with Gasteiger partial charge in [0.15, 0.2) is 0 Å². The Hall–Kier alpha value is -3.80. The minimum atomic E-state index is -0.794. The molecular formula is C28H29NO5. The Balaban J connectivity index is 1.39. The Kier molecular flexibility index (Phi) is 7.16. The topological polar surface area (TPSA) is 84.9 Å². The molecule has 2 N–H and O–H groups in total. The number of carbonyl (C=O) groups is 2. The van der Waals surface area contributed by atoms with Gasteiger partial charge in [-0.15, -0.1) is 0 Å². The van der Waals surface area contributed by atoms with Crippen molar-refractivity contribution >= 4 is 11.9 Å². The Labute approximate surface area is 199 Å². The third-order valence-electron chi connectivity index (χ3n) is 6.28. The van der Waals surface area contributed by atoms with Gasteiger partial charge in [0.2, 0.25) is 5.91 Å². The van der Waals surface area contributed by atoms with E-state index in [9.17, 15) is 9.59 Å². The van der Waals surface area contributed by atoms with Crippen LogP contribution >= 0.6 is 0 Å². The van der Waals surface area contributed by atoms with Crippen LogP contribution in [0, 0.1) is 0 Å². The summed E-state index contributed by atoms with van der Waals surface area (Å²) in [5, 5.41) is 11.8. The highest BCUT2D eigenvalue weighted by molar-refractivity contribution is 5.88. The van der Waals surface area contributed by atoms with Gasteiger partial charge in [-0.3, -0.25) is 9.59 Å². The third-order valence-corrected chi connectivity index (χ3v) is 6.28. The van der Waals surface area contributed by atoms with Gasteiger partial charge in [-0.25, -0.2) is 0 Å². The zero-order chi connectivity index (χ0) is 24.1. The fourth-order valence-corrected chi connectivity index (χ4v) is 4.56. The average Bonchev–Trinajstić information content (AvgIpc) is 3.24. The van der Waals surface area contributed by atoms with E-state index in [0.29, 0.717) is 25.8 Å². The van der Waals surface area contributed by atoms with E-state index in [0.717, 1.165) is 51.3 Å². The summed E-state index contributed by atoms with van der Waals surface area (Å²) in [6.07, 6.45) is 2.41. The molecule has 0 atom stereocenters. The lowest BCUT2D eigenvalue weighted by molar-refractivity contribution is -0.137. The molecule has 0 aromatic heterocycles. The Morgan fingerprint density at radius 1 is 0.882 bits per heavy atom. The fraction of sp³-hybridized carbons (Fsp3) is 0.286. The third kappa shape index (κ3) is 5.06. The summed E-state index contributed by atoms with van der Waals surface area (Å²) in [6, 6.07) is 17.8. The Morgan fingerprint density at radius 2 is 1.56 bits per heavy atom. The van der Waals surface area contributed by atoms with Crippen molar-refractivity contribution < 1.29 is 24.2 Å². The molecule has 1 aliphatic rings. The molecule has 0 spiro atoms. The van der Waals surface area contributed by atoms with E-state index in [4.69, 9.17) is 14.6 Å². The smallest absolute Gasteiger partial charge is 0.303 e. The van der Waals surface area contributed by atoms with E-state index < -0.39 is 5.97 Å². The van der Waals surface area contributed by atoms with Crippen LogP contribution in [0.2, 0.25) is 0 Å². The fourth-order valence-electron chi connectivity index (χ4n) is 4.56. The molecule has 3 aromatic carbocycles. The van der Waals surface area contributed by atoms with Crippen molar-refractivity contribution in [3.05, 3.63) is 82.4 Å².